The van der Waals surface area contributed by atoms with Gasteiger partial charge in [-0.25, -0.2) is 9.37 Å². The lowest BCUT2D eigenvalue weighted by molar-refractivity contribution is -0.238. The Morgan fingerprint density at radius 1 is 1.34 bits per heavy atom. The number of halogens is 5. The number of nitrogens with zero attached hydrogens (tertiary/aromatic N) is 2. The second-order valence-corrected chi connectivity index (χ2v) is 6.93. The summed E-state index contributed by atoms with van der Waals surface area (Å²) in [5, 5.41) is 2.78. The summed E-state index contributed by atoms with van der Waals surface area (Å²) < 4.78 is 59.8. The van der Waals surface area contributed by atoms with Crippen LogP contribution in [0, 0.1) is 5.82 Å². The van der Waals surface area contributed by atoms with Gasteiger partial charge in [-0.05, 0) is 37.3 Å². The highest BCUT2D eigenvalue weighted by atomic mass is 35.5. The van der Waals surface area contributed by atoms with Crippen molar-refractivity contribution in [2.75, 3.05) is 11.9 Å². The van der Waals surface area contributed by atoms with E-state index >= 15 is 0 Å². The molecule has 11 heteroatoms. The van der Waals surface area contributed by atoms with Crippen LogP contribution in [0.3, 0.4) is 0 Å². The van der Waals surface area contributed by atoms with Crippen molar-refractivity contribution in [3.63, 3.8) is 0 Å². The fourth-order valence-corrected chi connectivity index (χ4v) is 3.14. The highest BCUT2D eigenvalue weighted by molar-refractivity contribution is 6.30. The zero-order valence-corrected chi connectivity index (χ0v) is 15.7. The van der Waals surface area contributed by atoms with E-state index in [1.54, 1.807) is 0 Å². The van der Waals surface area contributed by atoms with Crippen molar-refractivity contribution in [2.24, 2.45) is 10.7 Å². The smallest absolute Gasteiger partial charge is 0.386 e. The third-order valence-corrected chi connectivity index (χ3v) is 4.53. The predicted octanol–water partition coefficient (Wildman–Crippen LogP) is 3.66. The average Bonchev–Trinajstić information content (AvgIpc) is 2.62. The Kier molecular flexibility index (Phi) is 5.50. The molecule has 2 aromatic rings. The van der Waals surface area contributed by atoms with Gasteiger partial charge in [0.15, 0.2) is 6.10 Å². The number of amides is 1. The maximum atomic E-state index is 14.5. The van der Waals surface area contributed by atoms with Crippen molar-refractivity contribution < 1.29 is 27.1 Å². The highest BCUT2D eigenvalue weighted by Crippen LogP contribution is 2.43. The predicted molar refractivity (Wildman–Crippen MR) is 98.4 cm³/mol. The first-order valence-electron chi connectivity index (χ1n) is 8.26. The first kappa shape index (κ1) is 21.0. The number of aliphatic imine (C=N–C) groups is 1. The Bertz CT molecular complexity index is 965. The molecule has 1 aliphatic rings. The lowest BCUT2D eigenvalue weighted by Gasteiger charge is -2.39. The second kappa shape index (κ2) is 7.60. The molecule has 1 aliphatic heterocycles. The number of carbonyl (C=O) groups is 1. The molecular weight excluding hydrogens is 416 g/mol. The molecule has 1 amide bonds. The monoisotopic (exact) mass is 430 g/mol. The van der Waals surface area contributed by atoms with Crippen LogP contribution in [-0.2, 0) is 10.3 Å². The Morgan fingerprint density at radius 2 is 2.07 bits per heavy atom. The lowest BCUT2D eigenvalue weighted by atomic mass is 9.84. The number of rotatable bonds is 3. The maximum absolute atomic E-state index is 14.5. The van der Waals surface area contributed by atoms with E-state index in [1.807, 2.05) is 0 Å². The number of alkyl halides is 3. The van der Waals surface area contributed by atoms with Gasteiger partial charge in [0.25, 0.3) is 5.91 Å². The number of amidine groups is 1. The van der Waals surface area contributed by atoms with Gasteiger partial charge in [-0.3, -0.25) is 9.79 Å². The molecule has 29 heavy (non-hydrogen) atoms. The van der Waals surface area contributed by atoms with Crippen molar-refractivity contribution in [1.29, 1.82) is 0 Å². The summed E-state index contributed by atoms with van der Waals surface area (Å²) in [4.78, 5) is 20.0. The second-order valence-electron chi connectivity index (χ2n) is 6.49. The number of benzene rings is 1. The largest absolute Gasteiger partial charge is 0.417 e. The molecule has 0 unspecified atom stereocenters. The van der Waals surface area contributed by atoms with Crippen molar-refractivity contribution >= 4 is 29.0 Å². The number of nitrogens with two attached hydrogens (primary N) is 1. The van der Waals surface area contributed by atoms with Gasteiger partial charge < -0.3 is 15.8 Å². The maximum Gasteiger partial charge on any atom is 0.417 e. The molecule has 1 aromatic heterocycles. The Hall–Kier alpha value is -2.72. The third kappa shape index (κ3) is 4.33. The summed E-state index contributed by atoms with van der Waals surface area (Å²) in [6.07, 6.45) is -5.98. The fourth-order valence-electron chi connectivity index (χ4n) is 3.03. The number of pyridine rings is 1. The molecule has 1 aromatic carbocycles. The molecule has 3 N–H and O–H groups in total. The van der Waals surface area contributed by atoms with Gasteiger partial charge in [0.05, 0.1) is 5.02 Å². The fraction of sp³-hybridized carbons (Fsp3) is 0.278. The molecule has 2 heterocycles. The van der Waals surface area contributed by atoms with Crippen molar-refractivity contribution in [3.05, 3.63) is 58.6 Å². The van der Waals surface area contributed by atoms with Crippen LogP contribution in [0.5, 0.6) is 0 Å². The van der Waals surface area contributed by atoms with E-state index in [2.05, 4.69) is 15.3 Å². The van der Waals surface area contributed by atoms with E-state index < -0.39 is 41.7 Å². The van der Waals surface area contributed by atoms with Gasteiger partial charge in [0.2, 0.25) is 0 Å². The van der Waals surface area contributed by atoms with Gasteiger partial charge in [-0.2, -0.15) is 13.2 Å². The van der Waals surface area contributed by atoms with Gasteiger partial charge in [-0.15, -0.1) is 0 Å². The van der Waals surface area contributed by atoms with Crippen molar-refractivity contribution in [1.82, 2.24) is 4.98 Å². The number of carbonyl (C=O) groups excluding carboxylic acids is 1. The molecule has 0 spiro atoms. The van der Waals surface area contributed by atoms with E-state index in [0.717, 1.165) is 19.1 Å². The molecule has 3 rings (SSSR count). The zero-order chi connectivity index (χ0) is 21.4. The van der Waals surface area contributed by atoms with E-state index in [4.69, 9.17) is 22.1 Å². The summed E-state index contributed by atoms with van der Waals surface area (Å²) in [5.74, 6) is -1.81. The van der Waals surface area contributed by atoms with E-state index in [0.29, 0.717) is 5.02 Å². The van der Waals surface area contributed by atoms with Gasteiger partial charge >= 0.3 is 6.18 Å². The summed E-state index contributed by atoms with van der Waals surface area (Å²) in [5.41, 5.74) is 3.02. The van der Waals surface area contributed by atoms with Crippen LogP contribution < -0.4 is 11.1 Å². The van der Waals surface area contributed by atoms with Gasteiger partial charge in [0, 0.05) is 17.4 Å². The first-order valence-corrected chi connectivity index (χ1v) is 8.64. The number of aromatic nitrogens is 1. The zero-order valence-electron chi connectivity index (χ0n) is 14.9. The molecular formula is C18H15ClF4N4O2. The molecule has 0 aliphatic carbocycles. The summed E-state index contributed by atoms with van der Waals surface area (Å²) in [7, 11) is 0. The number of hydrogen-bond acceptors (Lipinski definition) is 5. The Balaban J connectivity index is 1.98. The summed E-state index contributed by atoms with van der Waals surface area (Å²) in [6.45, 7) is 0.544. The first-order chi connectivity index (χ1) is 13.5. The third-order valence-electron chi connectivity index (χ3n) is 4.31. The summed E-state index contributed by atoms with van der Waals surface area (Å²) >= 11 is 5.72. The van der Waals surface area contributed by atoms with E-state index in [-0.39, 0.29) is 17.2 Å². The minimum atomic E-state index is -4.82. The molecule has 154 valence electrons. The summed E-state index contributed by atoms with van der Waals surface area (Å²) in [6, 6.07) is 6.01. The number of ether oxygens (including phenoxy) is 1. The molecule has 0 radical (unpaired) electrons. The topological polar surface area (TPSA) is 89.6 Å². The van der Waals surface area contributed by atoms with Crippen LogP contribution in [0.1, 0.15) is 23.0 Å². The van der Waals surface area contributed by atoms with E-state index in [9.17, 15) is 22.4 Å². The number of nitrogens with one attached hydrogen (secondary N) is 1. The van der Waals surface area contributed by atoms with Crippen LogP contribution in [0.25, 0.3) is 0 Å². The van der Waals surface area contributed by atoms with Crippen LogP contribution in [0.15, 0.2) is 41.5 Å². The van der Waals surface area contributed by atoms with Gasteiger partial charge in [0.1, 0.15) is 29.5 Å². The number of anilines is 1. The molecule has 0 bridgehead atoms. The van der Waals surface area contributed by atoms with Crippen molar-refractivity contribution in [2.45, 2.75) is 24.7 Å². The molecule has 0 saturated heterocycles. The van der Waals surface area contributed by atoms with E-state index in [1.165, 1.54) is 24.4 Å². The molecule has 0 saturated carbocycles. The molecule has 0 fully saturated rings. The van der Waals surface area contributed by atoms with Gasteiger partial charge in [-0.1, -0.05) is 11.6 Å². The SMILES string of the molecule is C[C@]1(c2cc(NC(=O)c3ccc(Cl)cn3)ccc2F)N=C(N)CO[C@H]1C(F)(F)F. The Morgan fingerprint density at radius 3 is 2.69 bits per heavy atom. The standard InChI is InChI=1S/C18H15ClF4N4O2/c1-17(16(18(21,22)23)29-8-14(24)27-17)11-6-10(3-4-12(11)20)26-15(28)13-5-2-9(19)7-25-13/h2-7,16H,8H2,1H3,(H2,24,27)(H,26,28)/t16-,17-/m1/s1. The quantitative estimate of drug-likeness (QED) is 0.727. The highest BCUT2D eigenvalue weighted by Gasteiger charge is 2.56. The van der Waals surface area contributed by atoms with Crippen LogP contribution in [-0.4, -0.2) is 35.6 Å². The minimum absolute atomic E-state index is 0.0166. The van der Waals surface area contributed by atoms with Crippen LogP contribution in [0.2, 0.25) is 5.02 Å². The minimum Gasteiger partial charge on any atom is -0.386 e. The molecule has 6 nitrogen and oxygen atoms in total. The lowest BCUT2D eigenvalue weighted by Crippen LogP contribution is -2.53. The molecule has 2 atom stereocenters. The van der Waals surface area contributed by atoms with Crippen LogP contribution in [0.4, 0.5) is 23.2 Å². The average molecular weight is 431 g/mol. The normalized spacial score (nSPS) is 22.1. The van der Waals surface area contributed by atoms with Crippen molar-refractivity contribution in [3.8, 4) is 0 Å². The number of hydrogen-bond donors (Lipinski definition) is 2. The Labute approximate surface area is 167 Å². The van der Waals surface area contributed by atoms with Crippen LogP contribution >= 0.6 is 11.6 Å².